The van der Waals surface area contributed by atoms with Crippen LogP contribution in [-0.2, 0) is 16.1 Å². The first kappa shape index (κ1) is 39.5. The van der Waals surface area contributed by atoms with Crippen LogP contribution in [0.15, 0.2) is 41.5 Å². The second kappa shape index (κ2) is 15.9. The Bertz CT molecular complexity index is 2490. The molecule has 4 aliphatic heterocycles. The van der Waals surface area contributed by atoms with Crippen LogP contribution in [0.2, 0.25) is 0 Å². The van der Waals surface area contributed by atoms with Gasteiger partial charge in [-0.1, -0.05) is 12.8 Å². The highest BCUT2D eigenvalue weighted by molar-refractivity contribution is 6.23. The Balaban J connectivity index is 0.785. The smallest absolute Gasteiger partial charge is 0.263 e. The van der Waals surface area contributed by atoms with Gasteiger partial charge in [-0.15, -0.1) is 0 Å². The van der Waals surface area contributed by atoms with Crippen molar-refractivity contribution in [3.63, 3.8) is 0 Å². The third kappa shape index (κ3) is 7.23. The average molecular weight is 819 g/mol. The van der Waals surface area contributed by atoms with Gasteiger partial charge in [0, 0.05) is 68.4 Å². The molecule has 3 aromatic heterocycles. The van der Waals surface area contributed by atoms with Gasteiger partial charge in [-0.25, -0.2) is 14.4 Å². The second-order valence-corrected chi connectivity index (χ2v) is 16.6. The lowest BCUT2D eigenvalue weighted by Gasteiger charge is -2.43. The summed E-state index contributed by atoms with van der Waals surface area (Å²) in [6.45, 7) is 8.48. The van der Waals surface area contributed by atoms with Crippen molar-refractivity contribution in [1.82, 2.24) is 39.5 Å². The summed E-state index contributed by atoms with van der Waals surface area (Å²) >= 11 is 0. The molecule has 9 rings (SSSR count). The number of rotatable bonds is 9. The number of amides is 4. The van der Waals surface area contributed by atoms with E-state index in [1.165, 1.54) is 13.0 Å². The SMILES string of the molecule is CC(=O)c1c(C)c2cnc(Nc3ccc(N4CCN(C5CCN(Cc6cc7c(cc6F)C(=O)N(C6CCC(=O)NC6=O)C7=O)CC5)CC4)cn3)nc2n(C2CCCC2)c1=O. The first-order valence-electron chi connectivity index (χ1n) is 20.9. The van der Waals surface area contributed by atoms with E-state index >= 15 is 4.39 Å². The summed E-state index contributed by atoms with van der Waals surface area (Å²) in [4.78, 5) is 98.3. The molecular formula is C43H47FN10O6. The lowest BCUT2D eigenvalue weighted by atomic mass is 10.00. The standard InChI is InChI=1S/C43H47FN10O6/c1-24-32-22-46-43(49-38(32)53(28-5-3-4-6-28)42(60)37(24)25(2)55)47-35-9-7-29(21-45-35)52-17-15-51(16-18-52)27-11-13-50(14-12-27)23-26-19-30-31(20-33(26)44)41(59)54(40(30)58)34-8-10-36(56)48-39(34)57/h7,9,19-22,27-28,34H,3-6,8,10-18,23H2,1-2H3,(H,48,56,57)(H,45,46,47,49). The predicted molar refractivity (Wildman–Crippen MR) is 219 cm³/mol. The van der Waals surface area contributed by atoms with Crippen LogP contribution in [0, 0.1) is 12.7 Å². The number of hydrogen-bond donors (Lipinski definition) is 2. The third-order valence-corrected chi connectivity index (χ3v) is 13.0. The summed E-state index contributed by atoms with van der Waals surface area (Å²) in [6, 6.07) is 5.75. The monoisotopic (exact) mass is 818 g/mol. The number of carbonyl (C=O) groups is 5. The van der Waals surface area contributed by atoms with E-state index < -0.39 is 35.5 Å². The number of hydrogen-bond acceptors (Lipinski definition) is 13. The number of nitrogens with zero attached hydrogens (tertiary/aromatic N) is 8. The fourth-order valence-electron chi connectivity index (χ4n) is 9.76. The molecule has 17 heteroatoms. The zero-order valence-corrected chi connectivity index (χ0v) is 33.7. The van der Waals surface area contributed by atoms with E-state index in [0.29, 0.717) is 46.5 Å². The number of aromatic nitrogens is 4. The van der Waals surface area contributed by atoms with Crippen LogP contribution in [-0.4, -0.2) is 115 Å². The minimum Gasteiger partial charge on any atom is -0.368 e. The van der Waals surface area contributed by atoms with E-state index in [0.717, 1.165) is 94.4 Å². The van der Waals surface area contributed by atoms with Gasteiger partial charge >= 0.3 is 0 Å². The highest BCUT2D eigenvalue weighted by Gasteiger charge is 2.45. The van der Waals surface area contributed by atoms with Gasteiger partial charge in [-0.2, -0.15) is 4.98 Å². The number of likely N-dealkylation sites (tertiary alicyclic amines) is 1. The highest BCUT2D eigenvalue weighted by atomic mass is 19.1. The maximum atomic E-state index is 15.4. The van der Waals surface area contributed by atoms with Crippen molar-refractivity contribution in [3.05, 3.63) is 80.6 Å². The molecule has 1 aromatic carbocycles. The Morgan fingerprint density at radius 1 is 0.867 bits per heavy atom. The van der Waals surface area contributed by atoms with E-state index in [4.69, 9.17) is 4.98 Å². The number of benzene rings is 1. The van der Waals surface area contributed by atoms with Crippen LogP contribution < -0.4 is 21.1 Å². The summed E-state index contributed by atoms with van der Waals surface area (Å²) in [5.74, 6) is -2.43. The summed E-state index contributed by atoms with van der Waals surface area (Å²) in [5, 5.41) is 6.08. The molecule has 7 heterocycles. The number of nitrogens with one attached hydrogen (secondary N) is 2. The average Bonchev–Trinajstić information content (AvgIpc) is 3.85. The van der Waals surface area contributed by atoms with Crippen molar-refractivity contribution < 1.29 is 28.4 Å². The molecule has 0 spiro atoms. The van der Waals surface area contributed by atoms with Gasteiger partial charge in [0.1, 0.15) is 23.3 Å². The van der Waals surface area contributed by atoms with E-state index in [9.17, 15) is 28.8 Å². The first-order valence-corrected chi connectivity index (χ1v) is 20.9. The molecule has 4 amide bonds. The van der Waals surface area contributed by atoms with Crippen LogP contribution in [0.1, 0.15) is 107 Å². The molecule has 1 atom stereocenters. The normalized spacial score (nSPS) is 20.9. The molecule has 1 aliphatic carbocycles. The van der Waals surface area contributed by atoms with Crippen molar-refractivity contribution in [2.75, 3.05) is 49.5 Å². The van der Waals surface area contributed by atoms with E-state index in [1.54, 1.807) is 17.7 Å². The van der Waals surface area contributed by atoms with Crippen molar-refractivity contribution in [2.24, 2.45) is 0 Å². The number of piperidine rings is 2. The molecule has 312 valence electrons. The molecule has 0 radical (unpaired) electrons. The molecule has 2 N–H and O–H groups in total. The largest absolute Gasteiger partial charge is 0.368 e. The van der Waals surface area contributed by atoms with Crippen molar-refractivity contribution in [2.45, 2.75) is 89.9 Å². The number of aryl methyl sites for hydroxylation is 1. The van der Waals surface area contributed by atoms with E-state index in [1.807, 2.05) is 18.3 Å². The molecule has 1 unspecified atom stereocenters. The molecule has 4 aromatic rings. The number of imide groups is 2. The molecule has 16 nitrogen and oxygen atoms in total. The van der Waals surface area contributed by atoms with E-state index in [-0.39, 0.29) is 46.9 Å². The lowest BCUT2D eigenvalue weighted by molar-refractivity contribution is -0.136. The minimum atomic E-state index is -1.10. The number of fused-ring (bicyclic) bond motifs is 2. The van der Waals surface area contributed by atoms with Crippen LogP contribution in [0.4, 0.5) is 21.8 Å². The maximum Gasteiger partial charge on any atom is 0.263 e. The zero-order valence-electron chi connectivity index (χ0n) is 33.7. The molecule has 4 fully saturated rings. The third-order valence-electron chi connectivity index (χ3n) is 13.0. The van der Waals surface area contributed by atoms with Gasteiger partial charge in [-0.05, 0) is 88.9 Å². The van der Waals surface area contributed by atoms with Crippen molar-refractivity contribution >= 4 is 57.9 Å². The molecular weight excluding hydrogens is 772 g/mol. The van der Waals surface area contributed by atoms with Crippen LogP contribution in [0.5, 0.6) is 0 Å². The summed E-state index contributed by atoms with van der Waals surface area (Å²) in [7, 11) is 0. The Morgan fingerprint density at radius 3 is 2.25 bits per heavy atom. The number of anilines is 3. The van der Waals surface area contributed by atoms with Crippen LogP contribution in [0.3, 0.4) is 0 Å². The Hall–Kier alpha value is -5.94. The van der Waals surface area contributed by atoms with Crippen LogP contribution >= 0.6 is 0 Å². The van der Waals surface area contributed by atoms with Gasteiger partial charge in [-0.3, -0.25) is 53.4 Å². The zero-order chi connectivity index (χ0) is 41.8. The maximum absolute atomic E-state index is 15.4. The molecule has 3 saturated heterocycles. The van der Waals surface area contributed by atoms with Gasteiger partial charge in [0.25, 0.3) is 17.4 Å². The van der Waals surface area contributed by atoms with E-state index in [2.05, 4.69) is 35.3 Å². The molecule has 60 heavy (non-hydrogen) atoms. The highest BCUT2D eigenvalue weighted by Crippen LogP contribution is 2.33. The fourth-order valence-corrected chi connectivity index (χ4v) is 9.76. The quantitative estimate of drug-likeness (QED) is 0.184. The first-order chi connectivity index (χ1) is 28.9. The Morgan fingerprint density at radius 2 is 1.58 bits per heavy atom. The van der Waals surface area contributed by atoms with Gasteiger partial charge in [0.2, 0.25) is 17.8 Å². The van der Waals surface area contributed by atoms with Gasteiger partial charge in [0.15, 0.2) is 5.78 Å². The number of Topliss-reactive ketones (excluding diaryl/α,β-unsaturated/α-hetero) is 1. The summed E-state index contributed by atoms with van der Waals surface area (Å²) in [6.07, 6.45) is 9.20. The number of piperazine rings is 1. The second-order valence-electron chi connectivity index (χ2n) is 16.6. The van der Waals surface area contributed by atoms with Crippen LogP contribution in [0.25, 0.3) is 11.0 Å². The summed E-state index contributed by atoms with van der Waals surface area (Å²) in [5.41, 5.74) is 2.40. The Labute approximate surface area is 345 Å². The van der Waals surface area contributed by atoms with Crippen molar-refractivity contribution in [3.8, 4) is 0 Å². The molecule has 5 aliphatic rings. The van der Waals surface area contributed by atoms with Gasteiger partial charge < -0.3 is 10.2 Å². The number of carbonyl (C=O) groups excluding carboxylic acids is 5. The molecule has 0 bridgehead atoms. The minimum absolute atomic E-state index is 0.00717. The number of ketones is 1. The molecule has 1 saturated carbocycles. The topological polar surface area (TPSA) is 183 Å². The summed E-state index contributed by atoms with van der Waals surface area (Å²) < 4.78 is 17.1. The van der Waals surface area contributed by atoms with Gasteiger partial charge in [0.05, 0.1) is 28.6 Å². The fraction of sp³-hybridized carbons (Fsp3) is 0.465. The predicted octanol–water partition coefficient (Wildman–Crippen LogP) is 3.88. The number of pyridine rings is 2. The Kier molecular flexibility index (Phi) is 10.5. The lowest BCUT2D eigenvalue weighted by Crippen LogP contribution is -2.54. The van der Waals surface area contributed by atoms with Crippen molar-refractivity contribution in [1.29, 1.82) is 0 Å². The number of halogens is 1.